The third kappa shape index (κ3) is 5.91. The number of thioether (sulfide) groups is 2. The highest BCUT2D eigenvalue weighted by molar-refractivity contribution is 8.14. The first-order valence-corrected chi connectivity index (χ1v) is 14.5. The highest BCUT2D eigenvalue weighted by Gasteiger charge is 2.54. The number of rotatable bonds is 9. The number of hydrogen-bond acceptors (Lipinski definition) is 14. The second-order valence-corrected chi connectivity index (χ2v) is 11.7. The van der Waals surface area contributed by atoms with E-state index in [0.717, 1.165) is 16.2 Å². The Kier molecular flexibility index (Phi) is 8.66. The summed E-state index contributed by atoms with van der Waals surface area (Å²) in [5.74, 6) is -3.53. The highest BCUT2D eigenvalue weighted by atomic mass is 32.2. The first-order chi connectivity index (χ1) is 18.9. The van der Waals surface area contributed by atoms with Crippen molar-refractivity contribution in [2.45, 2.75) is 37.0 Å². The normalized spacial score (nSPS) is 23.7. The number of carboxylic acid groups (broad SMARTS) is 2. The van der Waals surface area contributed by atoms with Gasteiger partial charge in [-0.1, -0.05) is 16.9 Å². The van der Waals surface area contributed by atoms with Crippen molar-refractivity contribution in [2.75, 3.05) is 24.3 Å². The van der Waals surface area contributed by atoms with Crippen LogP contribution in [0.5, 0.6) is 0 Å². The standard InChI is InChI=1S/C21H25N9O7S3/c1-7(18(33)34)37-28-12(9-6-39-20(24)25-9)15(31)27-13-16(32)30-14(19(35)36)8(4-38-17(13)30)5-40-21-26-10(22)3-11(23)29(21)2/h6-7,11,13,17,22H,3-5,23H2,1-2H3,(H2,24,25)(H,27,31)(H,33,34)(H,35,36)/t7-,11?,13?,17-/m0/s1. The van der Waals surface area contributed by atoms with E-state index < -0.39 is 47.4 Å². The molecule has 4 heterocycles. The number of carboxylic acids is 2. The van der Waals surface area contributed by atoms with Crippen LogP contribution in [0.1, 0.15) is 19.0 Å². The van der Waals surface area contributed by atoms with Crippen molar-refractivity contribution in [1.29, 1.82) is 5.41 Å². The maximum atomic E-state index is 13.1. The molecule has 1 saturated heterocycles. The van der Waals surface area contributed by atoms with E-state index >= 15 is 0 Å². The number of nitrogen functional groups attached to an aromatic ring is 1. The Labute approximate surface area is 239 Å². The van der Waals surface area contributed by atoms with E-state index in [-0.39, 0.29) is 39.6 Å². The number of aromatic nitrogens is 1. The smallest absolute Gasteiger partial charge is 0.352 e. The molecule has 0 bridgehead atoms. The Morgan fingerprint density at radius 1 is 1.40 bits per heavy atom. The molecule has 2 amide bonds. The monoisotopic (exact) mass is 611 g/mol. The van der Waals surface area contributed by atoms with E-state index in [1.807, 2.05) is 0 Å². The van der Waals surface area contributed by atoms with Crippen LogP contribution in [0.25, 0.3) is 0 Å². The van der Waals surface area contributed by atoms with Crippen LogP contribution in [-0.4, -0.2) is 108 Å². The number of β-lactam (4-membered cyclic amide) rings is 1. The van der Waals surface area contributed by atoms with Crippen molar-refractivity contribution < 1.29 is 34.2 Å². The van der Waals surface area contributed by atoms with Gasteiger partial charge < -0.3 is 36.7 Å². The fraction of sp³-hybridized carbons (Fsp3) is 0.429. The van der Waals surface area contributed by atoms with Crippen LogP contribution >= 0.6 is 34.9 Å². The van der Waals surface area contributed by atoms with E-state index in [0.29, 0.717) is 17.2 Å². The predicted octanol–water partition coefficient (Wildman–Crippen LogP) is -0.656. The number of oxime groups is 1. The second-order valence-electron chi connectivity index (χ2n) is 8.73. The summed E-state index contributed by atoms with van der Waals surface area (Å²) < 4.78 is 0. The van der Waals surface area contributed by atoms with Crippen molar-refractivity contribution in [3.63, 3.8) is 0 Å². The summed E-state index contributed by atoms with van der Waals surface area (Å²) in [5.41, 5.74) is 11.6. The number of fused-ring (bicyclic) bond motifs is 1. The van der Waals surface area contributed by atoms with Crippen LogP contribution in [0.15, 0.2) is 26.8 Å². The van der Waals surface area contributed by atoms with Gasteiger partial charge in [0.1, 0.15) is 28.6 Å². The average Bonchev–Trinajstić information content (AvgIpc) is 3.33. The van der Waals surface area contributed by atoms with E-state index in [9.17, 15) is 24.3 Å². The molecule has 0 radical (unpaired) electrons. The summed E-state index contributed by atoms with van der Waals surface area (Å²) >= 11 is 3.51. The molecule has 4 atom stereocenters. The number of aliphatic carboxylic acids is 2. The minimum absolute atomic E-state index is 0.0198. The van der Waals surface area contributed by atoms with Crippen LogP contribution in [0.3, 0.4) is 0 Å². The van der Waals surface area contributed by atoms with Gasteiger partial charge in [0, 0.05) is 30.4 Å². The predicted molar refractivity (Wildman–Crippen MR) is 149 cm³/mol. The average molecular weight is 612 g/mol. The molecular formula is C21H25N9O7S3. The van der Waals surface area contributed by atoms with Gasteiger partial charge in [0.2, 0.25) is 6.10 Å². The maximum absolute atomic E-state index is 13.1. The van der Waals surface area contributed by atoms with Gasteiger partial charge in [-0.25, -0.2) is 19.6 Å². The first kappa shape index (κ1) is 29.3. The molecule has 0 aromatic carbocycles. The number of amides is 2. The molecule has 19 heteroatoms. The molecule has 1 aromatic rings. The van der Waals surface area contributed by atoms with Gasteiger partial charge in [-0.3, -0.25) is 19.9 Å². The Morgan fingerprint density at radius 3 is 2.75 bits per heavy atom. The molecular weight excluding hydrogens is 586 g/mol. The molecule has 214 valence electrons. The molecule has 1 fully saturated rings. The molecule has 3 aliphatic heterocycles. The van der Waals surface area contributed by atoms with Crippen molar-refractivity contribution in [1.82, 2.24) is 20.1 Å². The van der Waals surface area contributed by atoms with Crippen LogP contribution in [-0.2, 0) is 24.0 Å². The van der Waals surface area contributed by atoms with Gasteiger partial charge >= 0.3 is 11.9 Å². The quantitative estimate of drug-likeness (QED) is 0.115. The Morgan fingerprint density at radius 2 is 2.12 bits per heavy atom. The minimum atomic E-state index is -1.37. The van der Waals surface area contributed by atoms with Gasteiger partial charge in [-0.15, -0.1) is 23.1 Å². The number of carbonyl (C=O) groups is 4. The third-order valence-corrected chi connectivity index (χ3v) is 9.12. The Bertz CT molecular complexity index is 1360. The summed E-state index contributed by atoms with van der Waals surface area (Å²) in [6, 6.07) is -1.08. The molecule has 16 nitrogen and oxygen atoms in total. The van der Waals surface area contributed by atoms with Crippen molar-refractivity contribution in [3.05, 3.63) is 22.3 Å². The molecule has 3 aliphatic rings. The van der Waals surface area contributed by atoms with Gasteiger partial charge in [-0.05, 0) is 12.5 Å². The van der Waals surface area contributed by atoms with Gasteiger partial charge in [-0.2, -0.15) is 0 Å². The fourth-order valence-corrected chi connectivity index (χ4v) is 6.86. The topological polar surface area (TPSA) is 250 Å². The lowest BCUT2D eigenvalue weighted by atomic mass is 10.0. The minimum Gasteiger partial charge on any atom is -0.478 e. The van der Waals surface area contributed by atoms with E-state index in [1.165, 1.54) is 35.8 Å². The van der Waals surface area contributed by atoms with Gasteiger partial charge in [0.05, 0.1) is 6.17 Å². The number of carbonyl (C=O) groups excluding carboxylic acids is 2. The summed E-state index contributed by atoms with van der Waals surface area (Å²) in [6.45, 7) is 1.22. The number of nitrogens with one attached hydrogen (secondary N) is 2. The fourth-order valence-electron chi connectivity index (χ4n) is 3.78. The molecule has 40 heavy (non-hydrogen) atoms. The second kappa shape index (κ2) is 11.8. The lowest BCUT2D eigenvalue weighted by molar-refractivity contribution is -0.150. The number of hydrogen-bond donors (Lipinski definition) is 6. The third-order valence-electron chi connectivity index (χ3n) is 5.97. The number of thiazole rings is 1. The van der Waals surface area contributed by atoms with Crippen LogP contribution < -0.4 is 16.8 Å². The Balaban J connectivity index is 1.50. The maximum Gasteiger partial charge on any atom is 0.352 e. The van der Waals surface area contributed by atoms with Crippen molar-refractivity contribution >= 4 is 80.5 Å². The van der Waals surface area contributed by atoms with Crippen LogP contribution in [0.4, 0.5) is 5.13 Å². The number of anilines is 1. The van der Waals surface area contributed by atoms with Crippen molar-refractivity contribution in [3.8, 4) is 0 Å². The van der Waals surface area contributed by atoms with E-state index in [4.69, 9.17) is 26.8 Å². The zero-order valence-corrected chi connectivity index (χ0v) is 23.5. The number of amidine groups is 2. The molecule has 0 spiro atoms. The molecule has 2 unspecified atom stereocenters. The lowest BCUT2D eigenvalue weighted by Gasteiger charge is -2.49. The SMILES string of the molecule is C[C@H](ON=C(C(=O)NC1C(=O)N2C(C(=O)O)=C(CSC3=NC(=N)CC(N)N3C)CS[C@@H]12)c1csc(N)n1)C(=O)O. The van der Waals surface area contributed by atoms with Gasteiger partial charge in [0.15, 0.2) is 16.0 Å². The Hall–Kier alpha value is -3.68. The number of nitrogens with two attached hydrogens (primary N) is 2. The largest absolute Gasteiger partial charge is 0.478 e. The highest BCUT2D eigenvalue weighted by Crippen LogP contribution is 2.41. The zero-order chi connectivity index (χ0) is 29.3. The lowest BCUT2D eigenvalue weighted by Crippen LogP contribution is -2.71. The molecule has 0 saturated carbocycles. The van der Waals surface area contributed by atoms with E-state index in [1.54, 1.807) is 11.9 Å². The van der Waals surface area contributed by atoms with E-state index in [2.05, 4.69) is 20.4 Å². The zero-order valence-electron chi connectivity index (χ0n) is 21.1. The van der Waals surface area contributed by atoms with Crippen LogP contribution in [0.2, 0.25) is 0 Å². The first-order valence-electron chi connectivity index (χ1n) is 11.5. The van der Waals surface area contributed by atoms with Gasteiger partial charge in [0.25, 0.3) is 11.8 Å². The molecule has 1 aromatic heterocycles. The van der Waals surface area contributed by atoms with Crippen LogP contribution in [0, 0.1) is 5.41 Å². The van der Waals surface area contributed by atoms with Crippen molar-refractivity contribution in [2.24, 2.45) is 15.9 Å². The summed E-state index contributed by atoms with van der Waals surface area (Å²) in [6.07, 6.45) is -1.49. The summed E-state index contributed by atoms with van der Waals surface area (Å²) in [5, 5.41) is 34.3. The number of aliphatic imine (C=N–C) groups is 1. The molecule has 4 rings (SSSR count). The summed E-state index contributed by atoms with van der Waals surface area (Å²) in [7, 11) is 1.73. The summed E-state index contributed by atoms with van der Waals surface area (Å²) in [4.78, 5) is 65.4. The molecule has 0 aliphatic carbocycles. The number of nitrogens with zero attached hydrogens (tertiary/aromatic N) is 5. The molecule has 8 N–H and O–H groups in total.